The number of unbranched alkanes of at least 4 members (excludes halogenated alkanes) is 1. The zero-order valence-electron chi connectivity index (χ0n) is 14.5. The molecule has 0 radical (unpaired) electrons. The maximum absolute atomic E-state index is 10.3. The number of hydrogen-bond donors (Lipinski definition) is 2. The van der Waals surface area contributed by atoms with Crippen molar-refractivity contribution >= 4 is 5.97 Å². The minimum absolute atomic E-state index is 0.224. The lowest BCUT2D eigenvalue weighted by molar-refractivity contribution is -0.137. The van der Waals surface area contributed by atoms with E-state index in [1.165, 1.54) is 0 Å². The van der Waals surface area contributed by atoms with E-state index < -0.39 is 12.1 Å². The van der Waals surface area contributed by atoms with Gasteiger partial charge in [0.25, 0.3) is 0 Å². The molecule has 1 saturated heterocycles. The first-order valence-corrected chi connectivity index (χ1v) is 8.82. The average molecular weight is 334 g/mol. The Bertz CT molecular complexity index is 462. The Balaban J connectivity index is 2.01. The monoisotopic (exact) mass is 334 g/mol. The summed E-state index contributed by atoms with van der Waals surface area (Å²) in [6.07, 6.45) is 21.2. The first-order chi connectivity index (χ1) is 11.6. The van der Waals surface area contributed by atoms with E-state index in [0.29, 0.717) is 25.0 Å². The van der Waals surface area contributed by atoms with E-state index in [2.05, 4.69) is 13.0 Å². The topological polar surface area (TPSA) is 70.1 Å². The van der Waals surface area contributed by atoms with Gasteiger partial charge < -0.3 is 14.9 Å². The summed E-state index contributed by atoms with van der Waals surface area (Å²) in [5.74, 6) is -0.743. The molecule has 0 aromatic carbocycles. The SMILES string of the molecule is CC[C@H]1O[C@H]1C/C=C\C[C@H](O)/C=C/C=C\C/C=C\CCCC(=O)O. The van der Waals surface area contributed by atoms with Crippen LogP contribution in [0.5, 0.6) is 0 Å². The van der Waals surface area contributed by atoms with E-state index in [1.54, 1.807) is 6.08 Å². The molecule has 24 heavy (non-hydrogen) atoms. The molecule has 0 unspecified atom stereocenters. The Labute approximate surface area is 145 Å². The molecule has 0 spiro atoms. The summed E-state index contributed by atoms with van der Waals surface area (Å²) >= 11 is 0. The number of aliphatic hydroxyl groups excluding tert-OH is 1. The summed E-state index contributed by atoms with van der Waals surface area (Å²) in [5.41, 5.74) is 0. The molecule has 0 saturated carbocycles. The molecule has 2 N–H and O–H groups in total. The summed E-state index contributed by atoms with van der Waals surface area (Å²) in [6.45, 7) is 2.13. The van der Waals surface area contributed by atoms with Gasteiger partial charge in [0.1, 0.15) is 0 Å². The van der Waals surface area contributed by atoms with Gasteiger partial charge in [-0.15, -0.1) is 0 Å². The van der Waals surface area contributed by atoms with Gasteiger partial charge in [-0.05, 0) is 38.5 Å². The lowest BCUT2D eigenvalue weighted by Gasteiger charge is -1.98. The summed E-state index contributed by atoms with van der Waals surface area (Å²) in [6, 6.07) is 0. The maximum Gasteiger partial charge on any atom is 0.303 e. The minimum Gasteiger partial charge on any atom is -0.481 e. The fourth-order valence-corrected chi connectivity index (χ4v) is 2.30. The van der Waals surface area contributed by atoms with Gasteiger partial charge in [-0.2, -0.15) is 0 Å². The first-order valence-electron chi connectivity index (χ1n) is 8.82. The van der Waals surface area contributed by atoms with E-state index in [4.69, 9.17) is 9.84 Å². The van der Waals surface area contributed by atoms with Crippen molar-refractivity contribution in [2.24, 2.45) is 0 Å². The smallest absolute Gasteiger partial charge is 0.303 e. The number of epoxide rings is 1. The molecule has 0 bridgehead atoms. The Hall–Kier alpha value is -1.65. The van der Waals surface area contributed by atoms with Crippen LogP contribution in [-0.4, -0.2) is 34.5 Å². The molecule has 0 aliphatic carbocycles. The van der Waals surface area contributed by atoms with Crippen molar-refractivity contribution in [1.82, 2.24) is 0 Å². The van der Waals surface area contributed by atoms with Crippen molar-refractivity contribution in [2.75, 3.05) is 0 Å². The third-order valence-corrected chi connectivity index (χ3v) is 3.78. The number of carboxylic acids is 1. The number of allylic oxidation sites excluding steroid dienone is 5. The van der Waals surface area contributed by atoms with Crippen LogP contribution < -0.4 is 0 Å². The first kappa shape index (κ1) is 20.4. The van der Waals surface area contributed by atoms with Crippen LogP contribution in [0, 0.1) is 0 Å². The number of carboxylic acid groups (broad SMARTS) is 1. The number of hydrogen-bond acceptors (Lipinski definition) is 3. The summed E-state index contributed by atoms with van der Waals surface area (Å²) in [7, 11) is 0. The fourth-order valence-electron chi connectivity index (χ4n) is 2.30. The number of ether oxygens (including phenoxy) is 1. The lowest BCUT2D eigenvalue weighted by atomic mass is 10.1. The summed E-state index contributed by atoms with van der Waals surface area (Å²) in [4.78, 5) is 10.3. The highest BCUT2D eigenvalue weighted by molar-refractivity contribution is 5.66. The summed E-state index contributed by atoms with van der Waals surface area (Å²) in [5, 5.41) is 18.3. The maximum atomic E-state index is 10.3. The zero-order valence-corrected chi connectivity index (χ0v) is 14.5. The Morgan fingerprint density at radius 3 is 2.67 bits per heavy atom. The predicted molar refractivity (Wildman–Crippen MR) is 96.9 cm³/mol. The second-order valence-corrected chi connectivity index (χ2v) is 5.94. The number of aliphatic carboxylic acids is 1. The quantitative estimate of drug-likeness (QED) is 0.229. The van der Waals surface area contributed by atoms with E-state index in [1.807, 2.05) is 36.5 Å². The van der Waals surface area contributed by atoms with Crippen LogP contribution in [0.4, 0.5) is 0 Å². The predicted octanol–water partition coefficient (Wildman–Crippen LogP) is 4.17. The highest BCUT2D eigenvalue weighted by Crippen LogP contribution is 2.28. The molecule has 1 fully saturated rings. The second-order valence-electron chi connectivity index (χ2n) is 5.94. The zero-order chi connectivity index (χ0) is 17.6. The largest absolute Gasteiger partial charge is 0.481 e. The van der Waals surface area contributed by atoms with Crippen LogP contribution in [-0.2, 0) is 9.53 Å². The number of carbonyl (C=O) groups is 1. The van der Waals surface area contributed by atoms with Crippen LogP contribution >= 0.6 is 0 Å². The molecule has 1 aliphatic heterocycles. The van der Waals surface area contributed by atoms with Gasteiger partial charge >= 0.3 is 5.97 Å². The van der Waals surface area contributed by atoms with Crippen LogP contribution in [0.2, 0.25) is 0 Å². The van der Waals surface area contributed by atoms with E-state index in [0.717, 1.165) is 25.7 Å². The van der Waals surface area contributed by atoms with Gasteiger partial charge in [0.15, 0.2) is 0 Å². The van der Waals surface area contributed by atoms with Crippen LogP contribution in [0.15, 0.2) is 48.6 Å². The van der Waals surface area contributed by atoms with Gasteiger partial charge in [0.05, 0.1) is 18.3 Å². The Morgan fingerprint density at radius 1 is 1.12 bits per heavy atom. The van der Waals surface area contributed by atoms with E-state index in [-0.39, 0.29) is 6.42 Å². The van der Waals surface area contributed by atoms with E-state index >= 15 is 0 Å². The third kappa shape index (κ3) is 11.0. The molecule has 4 heteroatoms. The molecule has 134 valence electrons. The molecule has 1 heterocycles. The van der Waals surface area contributed by atoms with Crippen LogP contribution in [0.25, 0.3) is 0 Å². The van der Waals surface area contributed by atoms with Crippen molar-refractivity contribution in [3.8, 4) is 0 Å². The number of aliphatic hydroxyl groups is 1. The summed E-state index contributed by atoms with van der Waals surface area (Å²) < 4.78 is 5.45. The van der Waals surface area contributed by atoms with Crippen molar-refractivity contribution in [3.63, 3.8) is 0 Å². The van der Waals surface area contributed by atoms with Crippen molar-refractivity contribution in [3.05, 3.63) is 48.6 Å². The highest BCUT2D eigenvalue weighted by Gasteiger charge is 2.35. The normalized spacial score (nSPS) is 22.2. The highest BCUT2D eigenvalue weighted by atomic mass is 16.6. The minimum atomic E-state index is -0.743. The Morgan fingerprint density at radius 2 is 1.96 bits per heavy atom. The van der Waals surface area contributed by atoms with Gasteiger partial charge in [0, 0.05) is 6.42 Å². The molecular weight excluding hydrogens is 304 g/mol. The molecule has 0 aromatic rings. The molecule has 3 atom stereocenters. The standard InChI is InChI=1S/C20H30O4/c1-2-18-19(24-18)15-12-11-14-17(21)13-9-7-5-3-4-6-8-10-16-20(22)23/h4-7,9,11-13,17-19,21H,2-3,8,10,14-16H2,1H3,(H,22,23)/b6-4-,7-5-,12-11-,13-9+/t17-,18-,19+/m1/s1. The second kappa shape index (κ2) is 12.7. The van der Waals surface area contributed by atoms with Gasteiger partial charge in [-0.1, -0.05) is 55.5 Å². The average Bonchev–Trinajstić information content (AvgIpc) is 3.31. The third-order valence-electron chi connectivity index (χ3n) is 3.78. The van der Waals surface area contributed by atoms with Gasteiger partial charge in [0.2, 0.25) is 0 Å². The molecule has 1 aliphatic rings. The molecule has 4 nitrogen and oxygen atoms in total. The lowest BCUT2D eigenvalue weighted by Crippen LogP contribution is -1.99. The van der Waals surface area contributed by atoms with Crippen LogP contribution in [0.3, 0.4) is 0 Å². The number of rotatable bonds is 13. The van der Waals surface area contributed by atoms with E-state index in [9.17, 15) is 9.90 Å². The molecule has 1 rings (SSSR count). The van der Waals surface area contributed by atoms with Crippen molar-refractivity contribution < 1.29 is 19.7 Å². The molecule has 0 amide bonds. The Kier molecular flexibility index (Phi) is 10.8. The van der Waals surface area contributed by atoms with Gasteiger partial charge in [-0.3, -0.25) is 4.79 Å². The van der Waals surface area contributed by atoms with Crippen LogP contribution in [0.1, 0.15) is 51.9 Å². The molecular formula is C20H30O4. The van der Waals surface area contributed by atoms with Crippen molar-refractivity contribution in [1.29, 1.82) is 0 Å². The molecule has 0 aromatic heterocycles. The fraction of sp³-hybridized carbons (Fsp3) is 0.550. The van der Waals surface area contributed by atoms with Gasteiger partial charge in [-0.25, -0.2) is 0 Å². The van der Waals surface area contributed by atoms with Crippen molar-refractivity contribution in [2.45, 2.75) is 70.2 Å².